The van der Waals surface area contributed by atoms with Gasteiger partial charge in [0.05, 0.1) is 6.04 Å². The Kier molecular flexibility index (Phi) is 5.60. The van der Waals surface area contributed by atoms with Crippen LogP contribution < -0.4 is 10.6 Å². The van der Waals surface area contributed by atoms with Crippen LogP contribution in [0.2, 0.25) is 0 Å². The number of benzene rings is 1. The molecular formula is C17H26N2O. The van der Waals surface area contributed by atoms with Gasteiger partial charge >= 0.3 is 0 Å². The molecule has 0 heterocycles. The minimum atomic E-state index is -0.115. The Morgan fingerprint density at radius 1 is 1.40 bits per heavy atom. The Bertz CT molecular complexity index is 444. The number of carbonyl (C=O) groups is 1. The predicted molar refractivity (Wildman–Crippen MR) is 82.9 cm³/mol. The van der Waals surface area contributed by atoms with Crippen molar-refractivity contribution in [2.24, 2.45) is 0 Å². The van der Waals surface area contributed by atoms with Crippen LogP contribution in [0.1, 0.15) is 50.2 Å². The molecule has 0 radical (unpaired) electrons. The molecule has 1 amide bonds. The fourth-order valence-electron chi connectivity index (χ4n) is 2.88. The number of rotatable bonds is 6. The average molecular weight is 274 g/mol. The van der Waals surface area contributed by atoms with E-state index < -0.39 is 0 Å². The van der Waals surface area contributed by atoms with Crippen molar-refractivity contribution in [1.82, 2.24) is 10.6 Å². The van der Waals surface area contributed by atoms with Gasteiger partial charge < -0.3 is 10.6 Å². The molecular weight excluding hydrogens is 248 g/mol. The third kappa shape index (κ3) is 3.83. The third-order valence-corrected chi connectivity index (χ3v) is 4.11. The summed E-state index contributed by atoms with van der Waals surface area (Å²) in [6.07, 6.45) is 4.64. The molecule has 110 valence electrons. The molecule has 1 aromatic rings. The predicted octanol–water partition coefficient (Wildman–Crippen LogP) is 2.61. The van der Waals surface area contributed by atoms with Crippen molar-refractivity contribution in [2.75, 3.05) is 13.1 Å². The van der Waals surface area contributed by atoms with E-state index in [4.69, 9.17) is 0 Å². The van der Waals surface area contributed by atoms with Gasteiger partial charge in [0.25, 0.3) is 0 Å². The lowest BCUT2D eigenvalue weighted by Gasteiger charge is -2.27. The Morgan fingerprint density at radius 2 is 2.20 bits per heavy atom. The number of fused-ring (bicyclic) bond motifs is 1. The summed E-state index contributed by atoms with van der Waals surface area (Å²) in [7, 11) is 0. The zero-order chi connectivity index (χ0) is 14.4. The standard InChI is InChI=1S/C17H26N2O/c1-3-11-18-17(20)13(2)19-12-15-9-6-8-14-7-4-5-10-16(14)15/h4-5,7,10,13,15,19H,3,6,8-9,11-12H2,1-2H3,(H,18,20). The smallest absolute Gasteiger partial charge is 0.236 e. The van der Waals surface area contributed by atoms with Gasteiger partial charge in [-0.3, -0.25) is 4.79 Å². The van der Waals surface area contributed by atoms with Crippen molar-refractivity contribution in [3.8, 4) is 0 Å². The molecule has 2 rings (SSSR count). The SMILES string of the molecule is CCCNC(=O)C(C)NCC1CCCc2ccccc21. The van der Waals surface area contributed by atoms with Crippen LogP contribution in [0.5, 0.6) is 0 Å². The average Bonchev–Trinajstić information content (AvgIpc) is 2.50. The van der Waals surface area contributed by atoms with Crippen LogP contribution in [0, 0.1) is 0 Å². The molecule has 20 heavy (non-hydrogen) atoms. The van der Waals surface area contributed by atoms with Crippen molar-refractivity contribution < 1.29 is 4.79 Å². The summed E-state index contributed by atoms with van der Waals surface area (Å²) < 4.78 is 0. The van der Waals surface area contributed by atoms with Crippen LogP contribution in [0.15, 0.2) is 24.3 Å². The van der Waals surface area contributed by atoms with E-state index in [1.165, 1.54) is 30.4 Å². The highest BCUT2D eigenvalue weighted by Gasteiger charge is 2.21. The Hall–Kier alpha value is -1.35. The molecule has 0 fully saturated rings. The van der Waals surface area contributed by atoms with E-state index in [1.54, 1.807) is 0 Å². The highest BCUT2D eigenvalue weighted by Crippen LogP contribution is 2.30. The number of carbonyl (C=O) groups excluding carboxylic acids is 1. The van der Waals surface area contributed by atoms with Crippen molar-refractivity contribution in [3.63, 3.8) is 0 Å². The maximum absolute atomic E-state index is 11.8. The second kappa shape index (κ2) is 7.44. The molecule has 0 spiro atoms. The fraction of sp³-hybridized carbons (Fsp3) is 0.588. The van der Waals surface area contributed by atoms with E-state index in [2.05, 4.69) is 41.8 Å². The fourth-order valence-corrected chi connectivity index (χ4v) is 2.88. The zero-order valence-electron chi connectivity index (χ0n) is 12.6. The van der Waals surface area contributed by atoms with Crippen LogP contribution >= 0.6 is 0 Å². The number of nitrogens with one attached hydrogen (secondary N) is 2. The topological polar surface area (TPSA) is 41.1 Å². The highest BCUT2D eigenvalue weighted by molar-refractivity contribution is 5.81. The van der Waals surface area contributed by atoms with Crippen LogP contribution in [0.4, 0.5) is 0 Å². The van der Waals surface area contributed by atoms with Gasteiger partial charge in [-0.15, -0.1) is 0 Å². The Balaban J connectivity index is 1.87. The van der Waals surface area contributed by atoms with Gasteiger partial charge in [-0.1, -0.05) is 31.2 Å². The minimum Gasteiger partial charge on any atom is -0.355 e. The molecule has 0 aliphatic heterocycles. The second-order valence-electron chi connectivity index (χ2n) is 5.71. The quantitative estimate of drug-likeness (QED) is 0.837. The van der Waals surface area contributed by atoms with Crippen LogP contribution in [-0.2, 0) is 11.2 Å². The van der Waals surface area contributed by atoms with Gasteiger partial charge in [-0.2, -0.15) is 0 Å². The molecule has 2 atom stereocenters. The largest absolute Gasteiger partial charge is 0.355 e. The number of aryl methyl sites for hydroxylation is 1. The molecule has 0 aromatic heterocycles. The zero-order valence-corrected chi connectivity index (χ0v) is 12.6. The maximum atomic E-state index is 11.8. The van der Waals surface area contributed by atoms with Crippen molar-refractivity contribution in [1.29, 1.82) is 0 Å². The van der Waals surface area contributed by atoms with E-state index >= 15 is 0 Å². The number of hydrogen-bond acceptors (Lipinski definition) is 2. The van der Waals surface area contributed by atoms with E-state index in [-0.39, 0.29) is 11.9 Å². The molecule has 0 saturated heterocycles. The first-order chi connectivity index (χ1) is 9.72. The molecule has 0 saturated carbocycles. The minimum absolute atomic E-state index is 0.107. The van der Waals surface area contributed by atoms with Crippen LogP contribution in [0.3, 0.4) is 0 Å². The van der Waals surface area contributed by atoms with E-state index in [1.807, 2.05) is 6.92 Å². The molecule has 2 N–H and O–H groups in total. The van der Waals surface area contributed by atoms with Gasteiger partial charge in [0, 0.05) is 13.1 Å². The van der Waals surface area contributed by atoms with Crippen LogP contribution in [-0.4, -0.2) is 25.0 Å². The second-order valence-corrected chi connectivity index (χ2v) is 5.71. The Labute approximate surface area is 122 Å². The maximum Gasteiger partial charge on any atom is 0.236 e. The molecule has 1 aliphatic rings. The summed E-state index contributed by atoms with van der Waals surface area (Å²) in [5, 5.41) is 6.33. The number of hydrogen-bond donors (Lipinski definition) is 2. The van der Waals surface area contributed by atoms with Crippen molar-refractivity contribution in [2.45, 2.75) is 51.5 Å². The van der Waals surface area contributed by atoms with Crippen LogP contribution in [0.25, 0.3) is 0 Å². The third-order valence-electron chi connectivity index (χ3n) is 4.11. The number of amides is 1. The first-order valence-corrected chi connectivity index (χ1v) is 7.81. The normalized spacial score (nSPS) is 19.2. The summed E-state index contributed by atoms with van der Waals surface area (Å²) >= 11 is 0. The lowest BCUT2D eigenvalue weighted by molar-refractivity contribution is -0.122. The molecule has 0 bridgehead atoms. The molecule has 3 heteroatoms. The molecule has 2 unspecified atom stereocenters. The molecule has 1 aliphatic carbocycles. The summed E-state index contributed by atoms with van der Waals surface area (Å²) in [5.41, 5.74) is 2.95. The Morgan fingerprint density at radius 3 is 3.00 bits per heavy atom. The van der Waals surface area contributed by atoms with Gasteiger partial charge in [-0.05, 0) is 49.7 Å². The van der Waals surface area contributed by atoms with E-state index in [0.29, 0.717) is 5.92 Å². The van der Waals surface area contributed by atoms with E-state index in [0.717, 1.165) is 19.5 Å². The van der Waals surface area contributed by atoms with Crippen molar-refractivity contribution in [3.05, 3.63) is 35.4 Å². The summed E-state index contributed by atoms with van der Waals surface area (Å²) in [4.78, 5) is 11.8. The molecule has 3 nitrogen and oxygen atoms in total. The van der Waals surface area contributed by atoms with Gasteiger partial charge in [0.15, 0.2) is 0 Å². The first kappa shape index (κ1) is 15.0. The van der Waals surface area contributed by atoms with Gasteiger partial charge in [-0.25, -0.2) is 0 Å². The lowest BCUT2D eigenvalue weighted by atomic mass is 9.83. The summed E-state index contributed by atoms with van der Waals surface area (Å²) in [5.74, 6) is 0.650. The van der Waals surface area contributed by atoms with Crippen molar-refractivity contribution >= 4 is 5.91 Å². The lowest BCUT2D eigenvalue weighted by Crippen LogP contribution is -2.44. The van der Waals surface area contributed by atoms with Gasteiger partial charge in [0.2, 0.25) is 5.91 Å². The summed E-state index contributed by atoms with van der Waals surface area (Å²) in [6, 6.07) is 8.60. The first-order valence-electron chi connectivity index (χ1n) is 7.81. The monoisotopic (exact) mass is 274 g/mol. The highest BCUT2D eigenvalue weighted by atomic mass is 16.2. The van der Waals surface area contributed by atoms with Gasteiger partial charge in [0.1, 0.15) is 0 Å². The molecule has 1 aromatic carbocycles. The summed E-state index contributed by atoms with van der Waals surface area (Å²) in [6.45, 7) is 5.66. The van der Waals surface area contributed by atoms with E-state index in [9.17, 15) is 4.79 Å².